The molecule has 0 aromatic carbocycles. The van der Waals surface area contributed by atoms with Gasteiger partial charge in [0.1, 0.15) is 5.82 Å². The number of hydrogen-bond acceptors (Lipinski definition) is 7. The van der Waals surface area contributed by atoms with Gasteiger partial charge in [0.25, 0.3) is 0 Å². The molecule has 1 aliphatic heterocycles. The molecular formula is C20H24F2N8O2. The molecule has 0 unspecified atom stereocenters. The summed E-state index contributed by atoms with van der Waals surface area (Å²) in [6.07, 6.45) is 1.76. The lowest BCUT2D eigenvalue weighted by molar-refractivity contribution is -0.0529. The fourth-order valence-corrected chi connectivity index (χ4v) is 3.88. The summed E-state index contributed by atoms with van der Waals surface area (Å²) in [5.74, 6) is 0.210. The van der Waals surface area contributed by atoms with Crippen molar-refractivity contribution >= 4 is 34.3 Å². The first-order valence-electron chi connectivity index (χ1n) is 10.1. The molecule has 170 valence electrons. The first-order chi connectivity index (χ1) is 15.2. The average Bonchev–Trinajstić information content (AvgIpc) is 3.09. The summed E-state index contributed by atoms with van der Waals surface area (Å²) in [6.45, 7) is 2.25. The Balaban J connectivity index is 1.45. The molecule has 0 aliphatic carbocycles. The second-order valence-electron chi connectivity index (χ2n) is 7.65. The van der Waals surface area contributed by atoms with E-state index < -0.39 is 6.61 Å². The van der Waals surface area contributed by atoms with Crippen molar-refractivity contribution in [2.75, 3.05) is 35.6 Å². The molecule has 3 aromatic heterocycles. The highest BCUT2D eigenvalue weighted by Gasteiger charge is 2.29. The van der Waals surface area contributed by atoms with E-state index in [-0.39, 0.29) is 18.0 Å². The molecule has 10 nitrogen and oxygen atoms in total. The van der Waals surface area contributed by atoms with Crippen LogP contribution in [0.3, 0.4) is 0 Å². The maximum absolute atomic E-state index is 12.8. The van der Waals surface area contributed by atoms with E-state index in [0.717, 1.165) is 11.1 Å². The van der Waals surface area contributed by atoms with Crippen molar-refractivity contribution in [3.8, 4) is 5.88 Å². The molecule has 4 rings (SSSR count). The minimum Gasteiger partial charge on any atom is -0.417 e. The number of urea groups is 1. The summed E-state index contributed by atoms with van der Waals surface area (Å²) >= 11 is 0. The number of fused-ring (bicyclic) bond motifs is 1. The van der Waals surface area contributed by atoms with E-state index in [1.165, 1.54) is 12.1 Å². The number of alkyl halides is 2. The largest absolute Gasteiger partial charge is 0.417 e. The summed E-state index contributed by atoms with van der Waals surface area (Å²) in [4.78, 5) is 25.0. The molecular weight excluding hydrogens is 422 g/mol. The van der Waals surface area contributed by atoms with Crippen molar-refractivity contribution in [1.82, 2.24) is 24.6 Å². The van der Waals surface area contributed by atoms with Crippen molar-refractivity contribution in [2.45, 2.75) is 26.5 Å². The molecule has 2 amide bonds. The van der Waals surface area contributed by atoms with Crippen LogP contribution in [0.4, 0.5) is 30.8 Å². The molecule has 3 aromatic rings. The molecule has 0 saturated carbocycles. The van der Waals surface area contributed by atoms with Gasteiger partial charge in [-0.3, -0.25) is 4.68 Å². The third kappa shape index (κ3) is 4.20. The van der Waals surface area contributed by atoms with Crippen LogP contribution in [0.1, 0.15) is 12.6 Å². The molecule has 4 heterocycles. The highest BCUT2D eigenvalue weighted by molar-refractivity contribution is 5.92. The number of rotatable bonds is 4. The van der Waals surface area contributed by atoms with Crippen LogP contribution in [0.5, 0.6) is 5.88 Å². The van der Waals surface area contributed by atoms with Crippen LogP contribution >= 0.6 is 0 Å². The third-order valence-electron chi connectivity index (χ3n) is 5.44. The van der Waals surface area contributed by atoms with Crippen molar-refractivity contribution in [3.63, 3.8) is 0 Å². The molecule has 1 saturated heterocycles. The molecule has 32 heavy (non-hydrogen) atoms. The Kier molecular flexibility index (Phi) is 5.68. The maximum atomic E-state index is 12.8. The van der Waals surface area contributed by atoms with Crippen LogP contribution in [0.25, 0.3) is 11.0 Å². The molecule has 3 N–H and O–H groups in total. The summed E-state index contributed by atoms with van der Waals surface area (Å²) in [5.41, 5.74) is 8.46. The number of hydrogen-bond donors (Lipinski definition) is 2. The molecule has 1 aliphatic rings. The number of halogens is 2. The molecule has 0 spiro atoms. The van der Waals surface area contributed by atoms with Gasteiger partial charge in [-0.05, 0) is 19.9 Å². The minimum atomic E-state index is -2.95. The number of aromatic nitrogens is 4. The van der Waals surface area contributed by atoms with Crippen LogP contribution in [0.2, 0.25) is 0 Å². The lowest BCUT2D eigenvalue weighted by Gasteiger charge is -2.41. The summed E-state index contributed by atoms with van der Waals surface area (Å²) in [5, 5.41) is 7.98. The van der Waals surface area contributed by atoms with E-state index in [9.17, 15) is 13.6 Å². The van der Waals surface area contributed by atoms with Crippen molar-refractivity contribution in [3.05, 3.63) is 30.1 Å². The highest BCUT2D eigenvalue weighted by atomic mass is 19.3. The van der Waals surface area contributed by atoms with Crippen molar-refractivity contribution < 1.29 is 18.3 Å². The van der Waals surface area contributed by atoms with E-state index in [0.29, 0.717) is 42.5 Å². The Labute approximate surface area is 183 Å². The van der Waals surface area contributed by atoms with Crippen LogP contribution in [-0.4, -0.2) is 63.0 Å². The van der Waals surface area contributed by atoms with Gasteiger partial charge in [0.15, 0.2) is 5.65 Å². The Morgan fingerprint density at radius 3 is 2.78 bits per heavy atom. The number of nitrogens with two attached hydrogens (primary N) is 1. The average molecular weight is 446 g/mol. The Bertz CT molecular complexity index is 1150. The second kappa shape index (κ2) is 8.44. The van der Waals surface area contributed by atoms with Crippen molar-refractivity contribution in [1.29, 1.82) is 0 Å². The van der Waals surface area contributed by atoms with Crippen LogP contribution in [0.15, 0.2) is 24.4 Å². The number of carbonyl (C=O) groups excluding carboxylic acids is 1. The Hall–Kier alpha value is -3.70. The highest BCUT2D eigenvalue weighted by Crippen LogP contribution is 2.30. The van der Waals surface area contributed by atoms with Gasteiger partial charge in [-0.2, -0.15) is 13.9 Å². The topological polar surface area (TPSA) is 114 Å². The predicted octanol–water partition coefficient (Wildman–Crippen LogP) is 2.60. The monoisotopic (exact) mass is 446 g/mol. The van der Waals surface area contributed by atoms with Gasteiger partial charge in [-0.25, -0.2) is 14.8 Å². The zero-order valence-corrected chi connectivity index (χ0v) is 17.9. The first-order valence-corrected chi connectivity index (χ1v) is 10.1. The van der Waals surface area contributed by atoms with Gasteiger partial charge in [-0.15, -0.1) is 0 Å². The number of amides is 2. The number of pyridine rings is 2. The number of ether oxygens (including phenoxy) is 1. The fourth-order valence-electron chi connectivity index (χ4n) is 3.88. The van der Waals surface area contributed by atoms with Crippen molar-refractivity contribution in [2.24, 2.45) is 7.05 Å². The van der Waals surface area contributed by atoms with Crippen LogP contribution < -0.4 is 20.7 Å². The lowest BCUT2D eigenvalue weighted by atomic mass is 10.1. The fraction of sp³-hybridized carbons (Fsp3) is 0.400. The number of nitrogens with zero attached hydrogens (tertiary/aromatic N) is 6. The number of aryl methyl sites for hydroxylation is 2. The quantitative estimate of drug-likeness (QED) is 0.633. The number of anilines is 3. The van der Waals surface area contributed by atoms with E-state index in [2.05, 4.69) is 30.0 Å². The van der Waals surface area contributed by atoms with Gasteiger partial charge in [-0.1, -0.05) is 0 Å². The molecule has 0 radical (unpaired) electrons. The third-order valence-corrected chi connectivity index (χ3v) is 5.44. The zero-order chi connectivity index (χ0) is 23.0. The number of carbonyl (C=O) groups is 1. The molecule has 0 bridgehead atoms. The summed E-state index contributed by atoms with van der Waals surface area (Å²) in [7, 11) is 1.81. The normalized spacial score (nSPS) is 16.6. The summed E-state index contributed by atoms with van der Waals surface area (Å²) in [6, 6.07) is 4.35. The Morgan fingerprint density at radius 2 is 2.09 bits per heavy atom. The molecule has 1 atom stereocenters. The number of piperazine rings is 1. The van der Waals surface area contributed by atoms with Gasteiger partial charge in [0, 0.05) is 44.9 Å². The smallest absolute Gasteiger partial charge is 0.388 e. The minimum absolute atomic E-state index is 0.0146. The first kappa shape index (κ1) is 21.5. The van der Waals surface area contributed by atoms with E-state index in [1.807, 2.05) is 20.0 Å². The summed E-state index contributed by atoms with van der Waals surface area (Å²) < 4.78 is 30.7. The predicted molar refractivity (Wildman–Crippen MR) is 116 cm³/mol. The van der Waals surface area contributed by atoms with Crippen LogP contribution in [0, 0.1) is 6.92 Å². The Morgan fingerprint density at radius 1 is 1.31 bits per heavy atom. The van der Waals surface area contributed by atoms with E-state index in [1.54, 1.807) is 22.7 Å². The van der Waals surface area contributed by atoms with E-state index >= 15 is 0 Å². The van der Waals surface area contributed by atoms with Crippen LogP contribution in [-0.2, 0) is 7.05 Å². The second-order valence-corrected chi connectivity index (χ2v) is 7.65. The standard InChI is InChI=1S/C20H24F2N8O2/c1-11-10-29(20(31)26-14-4-5-17(25-12(14)2)32-19(21)22)6-7-30(11)15-8-16(23)27-18-13(15)9-24-28(18)3/h4-5,8-9,11,19H,6-7,10H2,1-3H3,(H2,23,27)(H,26,31)/t11-/m0/s1. The number of nitrogens with one attached hydrogen (secondary N) is 1. The SMILES string of the molecule is Cc1nc(OC(F)F)ccc1NC(=O)N1CCN(c2cc(N)nc3c2cnn3C)[C@@H](C)C1. The van der Waals surface area contributed by atoms with Gasteiger partial charge >= 0.3 is 12.6 Å². The molecule has 12 heteroatoms. The van der Waals surface area contributed by atoms with E-state index in [4.69, 9.17) is 5.73 Å². The van der Waals surface area contributed by atoms with Gasteiger partial charge in [0.2, 0.25) is 5.88 Å². The zero-order valence-electron chi connectivity index (χ0n) is 17.9. The van der Waals surface area contributed by atoms with Gasteiger partial charge < -0.3 is 25.6 Å². The van der Waals surface area contributed by atoms with Gasteiger partial charge in [0.05, 0.1) is 28.7 Å². The molecule has 1 fully saturated rings. The number of nitrogen functional groups attached to an aromatic ring is 1. The lowest BCUT2D eigenvalue weighted by Crippen LogP contribution is -2.54. The maximum Gasteiger partial charge on any atom is 0.388 e.